The van der Waals surface area contributed by atoms with E-state index in [4.69, 9.17) is 0 Å². The fraction of sp³-hybridized carbons (Fsp3) is 0.533. The minimum Gasteiger partial charge on any atom is -0.480 e. The van der Waals surface area contributed by atoms with Crippen molar-refractivity contribution in [2.24, 2.45) is 11.8 Å². The standard InChI is InChI=1S/C15H20BrNO2/c1-10-3-2-4-11(9-10)14(15(18)19)17-13-7-5-12(16)6-8-13/h5-8,10-11,14,17H,2-4,9H2,1H3,(H,18,19). The van der Waals surface area contributed by atoms with Crippen LogP contribution in [-0.4, -0.2) is 17.1 Å². The topological polar surface area (TPSA) is 49.3 Å². The van der Waals surface area contributed by atoms with Crippen LogP contribution in [0.4, 0.5) is 5.69 Å². The first-order chi connectivity index (χ1) is 9.06. The highest BCUT2D eigenvalue weighted by Gasteiger charge is 2.31. The van der Waals surface area contributed by atoms with Gasteiger partial charge in [0.05, 0.1) is 0 Å². The molecule has 2 N–H and O–H groups in total. The van der Waals surface area contributed by atoms with Crippen molar-refractivity contribution in [3.63, 3.8) is 0 Å². The number of rotatable bonds is 4. The van der Waals surface area contributed by atoms with Crippen LogP contribution >= 0.6 is 15.9 Å². The van der Waals surface area contributed by atoms with E-state index in [-0.39, 0.29) is 5.92 Å². The van der Waals surface area contributed by atoms with Crippen molar-refractivity contribution in [2.45, 2.75) is 38.6 Å². The molecule has 0 amide bonds. The minimum atomic E-state index is -0.748. The maximum Gasteiger partial charge on any atom is 0.326 e. The second-order valence-corrected chi connectivity index (χ2v) is 6.41. The summed E-state index contributed by atoms with van der Waals surface area (Å²) in [6, 6.07) is 7.18. The van der Waals surface area contributed by atoms with Gasteiger partial charge in [0.2, 0.25) is 0 Å². The lowest BCUT2D eigenvalue weighted by Gasteiger charge is -2.32. The summed E-state index contributed by atoms with van der Waals surface area (Å²) in [5.74, 6) is 0.110. The number of hydrogen-bond donors (Lipinski definition) is 2. The number of anilines is 1. The number of carbonyl (C=O) groups is 1. The molecule has 4 heteroatoms. The molecule has 1 fully saturated rings. The van der Waals surface area contributed by atoms with Gasteiger partial charge in [0, 0.05) is 10.2 Å². The lowest BCUT2D eigenvalue weighted by molar-refractivity contribution is -0.139. The predicted molar refractivity (Wildman–Crippen MR) is 80.3 cm³/mol. The molecule has 1 aromatic carbocycles. The molecular weight excluding hydrogens is 306 g/mol. The molecule has 1 aliphatic carbocycles. The lowest BCUT2D eigenvalue weighted by atomic mass is 9.78. The molecule has 0 bridgehead atoms. The normalized spacial score (nSPS) is 24.7. The first kappa shape index (κ1) is 14.4. The smallest absolute Gasteiger partial charge is 0.326 e. The van der Waals surface area contributed by atoms with Gasteiger partial charge in [-0.25, -0.2) is 4.79 Å². The van der Waals surface area contributed by atoms with E-state index in [9.17, 15) is 9.90 Å². The second-order valence-electron chi connectivity index (χ2n) is 5.50. The van der Waals surface area contributed by atoms with Crippen LogP contribution in [0.5, 0.6) is 0 Å². The van der Waals surface area contributed by atoms with E-state index in [1.54, 1.807) is 0 Å². The van der Waals surface area contributed by atoms with Crippen LogP contribution in [0.1, 0.15) is 32.6 Å². The highest BCUT2D eigenvalue weighted by molar-refractivity contribution is 9.10. The van der Waals surface area contributed by atoms with Crippen LogP contribution in [0.3, 0.4) is 0 Å². The Morgan fingerprint density at radius 2 is 2.05 bits per heavy atom. The van der Waals surface area contributed by atoms with Crippen LogP contribution in [0.25, 0.3) is 0 Å². The molecule has 1 aromatic rings. The van der Waals surface area contributed by atoms with Crippen molar-refractivity contribution in [3.05, 3.63) is 28.7 Å². The summed E-state index contributed by atoms with van der Waals surface area (Å²) in [5.41, 5.74) is 0.869. The molecule has 0 heterocycles. The molecule has 0 spiro atoms. The van der Waals surface area contributed by atoms with Gasteiger partial charge in [-0.2, -0.15) is 0 Å². The quantitative estimate of drug-likeness (QED) is 0.874. The number of halogens is 1. The predicted octanol–water partition coefficient (Wildman–Crippen LogP) is 4.14. The molecule has 0 saturated heterocycles. The van der Waals surface area contributed by atoms with Gasteiger partial charge in [-0.3, -0.25) is 0 Å². The molecule has 1 saturated carbocycles. The average molecular weight is 326 g/mol. The molecule has 3 nitrogen and oxygen atoms in total. The van der Waals surface area contributed by atoms with Crippen molar-refractivity contribution in [2.75, 3.05) is 5.32 Å². The highest BCUT2D eigenvalue weighted by Crippen LogP contribution is 2.32. The van der Waals surface area contributed by atoms with Crippen molar-refractivity contribution >= 4 is 27.6 Å². The Kier molecular flexibility index (Phi) is 4.86. The van der Waals surface area contributed by atoms with E-state index in [1.165, 1.54) is 6.42 Å². The third-order valence-electron chi connectivity index (χ3n) is 3.88. The van der Waals surface area contributed by atoms with E-state index >= 15 is 0 Å². The Morgan fingerprint density at radius 3 is 2.63 bits per heavy atom. The first-order valence-corrected chi connectivity index (χ1v) is 7.60. The highest BCUT2D eigenvalue weighted by atomic mass is 79.9. The van der Waals surface area contributed by atoms with E-state index in [2.05, 4.69) is 28.2 Å². The fourth-order valence-electron chi connectivity index (χ4n) is 2.89. The summed E-state index contributed by atoms with van der Waals surface area (Å²) in [6.07, 6.45) is 4.37. The lowest BCUT2D eigenvalue weighted by Crippen LogP contribution is -2.39. The van der Waals surface area contributed by atoms with E-state index in [1.807, 2.05) is 24.3 Å². The number of carboxylic acid groups (broad SMARTS) is 1. The van der Waals surface area contributed by atoms with Crippen LogP contribution < -0.4 is 5.32 Å². The van der Waals surface area contributed by atoms with Gasteiger partial charge in [0.15, 0.2) is 0 Å². The summed E-state index contributed by atoms with van der Waals surface area (Å²) in [5, 5.41) is 12.6. The number of carboxylic acids is 1. The van der Waals surface area contributed by atoms with Gasteiger partial charge in [0.25, 0.3) is 0 Å². The molecular formula is C15H20BrNO2. The molecule has 0 aromatic heterocycles. The zero-order valence-corrected chi connectivity index (χ0v) is 12.7. The van der Waals surface area contributed by atoms with Crippen LogP contribution in [0, 0.1) is 11.8 Å². The Morgan fingerprint density at radius 1 is 1.37 bits per heavy atom. The van der Waals surface area contributed by atoms with Crippen LogP contribution in [-0.2, 0) is 4.79 Å². The van der Waals surface area contributed by atoms with Crippen LogP contribution in [0.15, 0.2) is 28.7 Å². The first-order valence-electron chi connectivity index (χ1n) is 6.81. The zero-order valence-electron chi connectivity index (χ0n) is 11.1. The summed E-state index contributed by atoms with van der Waals surface area (Å²) < 4.78 is 0.996. The number of hydrogen-bond acceptors (Lipinski definition) is 2. The molecule has 0 aliphatic heterocycles. The van der Waals surface area contributed by atoms with Gasteiger partial charge in [-0.15, -0.1) is 0 Å². The van der Waals surface area contributed by atoms with E-state index in [0.29, 0.717) is 5.92 Å². The number of benzene rings is 1. The van der Waals surface area contributed by atoms with Crippen LogP contribution in [0.2, 0.25) is 0 Å². The van der Waals surface area contributed by atoms with E-state index < -0.39 is 12.0 Å². The fourth-order valence-corrected chi connectivity index (χ4v) is 3.16. The van der Waals surface area contributed by atoms with Gasteiger partial charge >= 0.3 is 5.97 Å². The Balaban J connectivity index is 2.07. The van der Waals surface area contributed by atoms with Crippen molar-refractivity contribution in [1.29, 1.82) is 0 Å². The molecule has 0 radical (unpaired) electrons. The molecule has 104 valence electrons. The summed E-state index contributed by atoms with van der Waals surface area (Å²) in [4.78, 5) is 11.5. The van der Waals surface area contributed by atoms with Gasteiger partial charge in [0.1, 0.15) is 6.04 Å². The molecule has 19 heavy (non-hydrogen) atoms. The Labute approximate surface area is 122 Å². The molecule has 2 rings (SSSR count). The SMILES string of the molecule is CC1CCCC(C(Nc2ccc(Br)cc2)C(=O)O)C1. The van der Waals surface area contributed by atoms with E-state index in [0.717, 1.165) is 29.4 Å². The molecule has 1 aliphatic rings. The van der Waals surface area contributed by atoms with Gasteiger partial charge < -0.3 is 10.4 Å². The monoisotopic (exact) mass is 325 g/mol. The van der Waals surface area contributed by atoms with Gasteiger partial charge in [-0.05, 0) is 48.9 Å². The van der Waals surface area contributed by atoms with Gasteiger partial charge in [-0.1, -0.05) is 35.7 Å². The summed E-state index contributed by atoms with van der Waals surface area (Å²) in [7, 11) is 0. The Bertz CT molecular complexity index is 432. The number of nitrogens with one attached hydrogen (secondary N) is 1. The third-order valence-corrected chi connectivity index (χ3v) is 4.41. The maximum absolute atomic E-state index is 11.5. The molecule has 3 unspecified atom stereocenters. The van der Waals surface area contributed by atoms with Crippen molar-refractivity contribution in [3.8, 4) is 0 Å². The zero-order chi connectivity index (χ0) is 13.8. The molecule has 3 atom stereocenters. The maximum atomic E-state index is 11.5. The Hall–Kier alpha value is -1.03. The largest absolute Gasteiger partial charge is 0.480 e. The summed E-state index contributed by atoms with van der Waals surface area (Å²) in [6.45, 7) is 2.21. The van der Waals surface area contributed by atoms with Crippen molar-refractivity contribution < 1.29 is 9.90 Å². The minimum absolute atomic E-state index is 0.227. The third kappa shape index (κ3) is 3.96. The number of aliphatic carboxylic acids is 1. The summed E-state index contributed by atoms with van der Waals surface area (Å²) >= 11 is 3.38. The van der Waals surface area contributed by atoms with Crippen molar-refractivity contribution in [1.82, 2.24) is 0 Å². The second kappa shape index (κ2) is 6.42. The average Bonchev–Trinajstić information content (AvgIpc) is 2.37.